The number of aryl methyl sites for hydroxylation is 1. The quantitative estimate of drug-likeness (QED) is 0.129. The number of para-hydroxylation sites is 1. The van der Waals surface area contributed by atoms with Gasteiger partial charge in [-0.2, -0.15) is 0 Å². The Morgan fingerprint density at radius 3 is 1.80 bits per heavy atom. The molecule has 2 aromatic heterocycles. The average Bonchev–Trinajstić information content (AvgIpc) is 3.69. The zero-order chi connectivity index (χ0) is 34.5. The van der Waals surface area contributed by atoms with Crippen LogP contribution in [0.15, 0.2) is 170 Å². The van der Waals surface area contributed by atoms with Crippen molar-refractivity contribution in [2.75, 3.05) is 0 Å². The Hall–Kier alpha value is -6.40. The van der Waals surface area contributed by atoms with Gasteiger partial charge in [0.1, 0.15) is 12.4 Å². The van der Waals surface area contributed by atoms with Crippen LogP contribution in [-0.2, 0) is 18.6 Å². The first-order valence-corrected chi connectivity index (χ1v) is 17.4. The van der Waals surface area contributed by atoms with Gasteiger partial charge >= 0.3 is 0 Å². The third kappa shape index (κ3) is 6.17. The highest BCUT2D eigenvalue weighted by molar-refractivity contribution is 5.85. The van der Waals surface area contributed by atoms with Crippen molar-refractivity contribution in [1.29, 1.82) is 0 Å². The molecule has 248 valence electrons. The molecule has 6 nitrogen and oxygen atoms in total. The van der Waals surface area contributed by atoms with Gasteiger partial charge in [-0.1, -0.05) is 165 Å². The van der Waals surface area contributed by atoms with E-state index in [1.54, 1.807) is 4.80 Å². The van der Waals surface area contributed by atoms with Crippen LogP contribution in [0.1, 0.15) is 41.3 Å². The summed E-state index contributed by atoms with van der Waals surface area (Å²) in [4.78, 5) is 6.60. The fourth-order valence-corrected chi connectivity index (χ4v) is 6.92. The van der Waals surface area contributed by atoms with E-state index >= 15 is 0 Å². The van der Waals surface area contributed by atoms with Gasteiger partial charge in [-0.15, -0.1) is 15.0 Å². The number of ether oxygens (including phenoxy) is 1. The molecular formula is C45H37N5O. The van der Waals surface area contributed by atoms with E-state index in [9.17, 15) is 0 Å². The maximum Gasteiger partial charge on any atom is 0.205 e. The van der Waals surface area contributed by atoms with Crippen molar-refractivity contribution < 1.29 is 4.74 Å². The summed E-state index contributed by atoms with van der Waals surface area (Å²) in [6.45, 7) is 2.63. The molecule has 6 heteroatoms. The molecule has 0 bridgehead atoms. The maximum atomic E-state index is 6.40. The summed E-state index contributed by atoms with van der Waals surface area (Å²) in [5.74, 6) is 1.42. The van der Waals surface area contributed by atoms with E-state index in [-0.39, 0.29) is 0 Å². The standard InChI is InChI=1S/C45H37N5O/c1-2-16-38-31-43(41-25-14-15-26-42(41)46-38)51-32-33-27-29-34(30-28-33)39-23-12-13-24-40(39)44-47-49-50(48-44)45(35-17-6-3-7-18-35,36-19-8-4-9-20-36)37-21-10-5-11-22-37/h3-15,17-31H,2,16,32H2,1H3. The molecule has 0 N–H and O–H groups in total. The van der Waals surface area contributed by atoms with E-state index in [0.29, 0.717) is 12.4 Å². The summed E-state index contributed by atoms with van der Waals surface area (Å²) in [7, 11) is 0. The third-order valence-electron chi connectivity index (χ3n) is 9.35. The molecule has 0 aliphatic rings. The largest absolute Gasteiger partial charge is 0.488 e. The van der Waals surface area contributed by atoms with Gasteiger partial charge in [-0.25, -0.2) is 0 Å². The normalized spacial score (nSPS) is 11.5. The Morgan fingerprint density at radius 2 is 1.18 bits per heavy atom. The summed E-state index contributed by atoms with van der Waals surface area (Å²) in [5.41, 5.74) is 8.37. The highest BCUT2D eigenvalue weighted by Gasteiger charge is 2.41. The van der Waals surface area contributed by atoms with Gasteiger partial charge in [0.2, 0.25) is 5.82 Å². The smallest absolute Gasteiger partial charge is 0.205 e. The minimum Gasteiger partial charge on any atom is -0.488 e. The number of fused-ring (bicyclic) bond motifs is 1. The van der Waals surface area contributed by atoms with Crippen molar-refractivity contribution in [3.63, 3.8) is 0 Å². The van der Waals surface area contributed by atoms with Crippen molar-refractivity contribution in [2.24, 2.45) is 0 Å². The van der Waals surface area contributed by atoms with Gasteiger partial charge in [-0.3, -0.25) is 4.98 Å². The Bertz CT molecular complexity index is 2280. The van der Waals surface area contributed by atoms with E-state index in [0.717, 1.165) is 74.1 Å². The monoisotopic (exact) mass is 663 g/mol. The zero-order valence-corrected chi connectivity index (χ0v) is 28.4. The van der Waals surface area contributed by atoms with E-state index in [1.165, 1.54) is 0 Å². The highest BCUT2D eigenvalue weighted by Crippen LogP contribution is 2.40. The number of rotatable bonds is 11. The Kier molecular flexibility index (Phi) is 8.88. The van der Waals surface area contributed by atoms with Gasteiger partial charge in [0.05, 0.1) is 5.52 Å². The summed E-state index contributed by atoms with van der Waals surface area (Å²) in [6.07, 6.45) is 1.96. The molecule has 0 saturated carbocycles. The predicted octanol–water partition coefficient (Wildman–Crippen LogP) is 9.93. The van der Waals surface area contributed by atoms with Crippen LogP contribution in [0, 0.1) is 0 Å². The number of pyridine rings is 1. The van der Waals surface area contributed by atoms with E-state index in [2.05, 4.69) is 128 Å². The molecular weight excluding hydrogens is 627 g/mol. The topological polar surface area (TPSA) is 65.7 Å². The van der Waals surface area contributed by atoms with Gasteiger partial charge < -0.3 is 4.74 Å². The number of hydrogen-bond acceptors (Lipinski definition) is 5. The van der Waals surface area contributed by atoms with E-state index < -0.39 is 5.54 Å². The van der Waals surface area contributed by atoms with E-state index in [4.69, 9.17) is 25.1 Å². The molecule has 0 fully saturated rings. The fraction of sp³-hybridized carbons (Fsp3) is 0.111. The zero-order valence-electron chi connectivity index (χ0n) is 28.4. The Labute approximate surface area is 298 Å². The Morgan fingerprint density at radius 1 is 0.608 bits per heavy atom. The first-order chi connectivity index (χ1) is 25.2. The van der Waals surface area contributed by atoms with Crippen molar-refractivity contribution in [3.8, 4) is 28.3 Å². The van der Waals surface area contributed by atoms with Crippen molar-refractivity contribution in [1.82, 2.24) is 25.2 Å². The molecule has 0 unspecified atom stereocenters. The predicted molar refractivity (Wildman–Crippen MR) is 203 cm³/mol. The van der Waals surface area contributed by atoms with Crippen LogP contribution < -0.4 is 4.74 Å². The van der Waals surface area contributed by atoms with Crippen LogP contribution in [0.4, 0.5) is 0 Å². The Balaban J connectivity index is 1.13. The van der Waals surface area contributed by atoms with Crippen molar-refractivity contribution in [2.45, 2.75) is 31.9 Å². The molecule has 0 atom stereocenters. The SMILES string of the molecule is CCCc1cc(OCc2ccc(-c3ccccc3-c3nnn(C(c4ccccc4)(c4ccccc4)c4ccccc4)n3)cc2)c2ccccc2n1. The average molecular weight is 664 g/mol. The highest BCUT2D eigenvalue weighted by atomic mass is 16.5. The molecule has 8 aromatic rings. The number of hydrogen-bond donors (Lipinski definition) is 0. The number of tetrazole rings is 1. The van der Waals surface area contributed by atoms with Crippen LogP contribution in [0.25, 0.3) is 33.4 Å². The molecule has 0 aliphatic carbocycles. The second kappa shape index (κ2) is 14.2. The van der Waals surface area contributed by atoms with Crippen LogP contribution in [0.5, 0.6) is 5.75 Å². The molecule has 0 amide bonds. The molecule has 51 heavy (non-hydrogen) atoms. The summed E-state index contributed by atoms with van der Waals surface area (Å²) in [5, 5.41) is 15.7. The number of aromatic nitrogens is 5. The first-order valence-electron chi connectivity index (χ1n) is 17.4. The lowest BCUT2D eigenvalue weighted by Gasteiger charge is -2.34. The van der Waals surface area contributed by atoms with Gasteiger partial charge in [-0.05, 0) is 57.1 Å². The van der Waals surface area contributed by atoms with Crippen LogP contribution in [0.3, 0.4) is 0 Å². The van der Waals surface area contributed by atoms with Crippen molar-refractivity contribution >= 4 is 10.9 Å². The first kappa shape index (κ1) is 31.8. The maximum absolute atomic E-state index is 6.40. The number of benzene rings is 6. The minimum absolute atomic E-state index is 0.456. The molecule has 0 saturated heterocycles. The lowest BCUT2D eigenvalue weighted by molar-refractivity contribution is 0.309. The van der Waals surface area contributed by atoms with E-state index in [1.807, 2.05) is 48.5 Å². The third-order valence-corrected chi connectivity index (χ3v) is 9.35. The number of nitrogens with zero attached hydrogens (tertiary/aromatic N) is 5. The van der Waals surface area contributed by atoms with Gasteiger partial charge in [0.15, 0.2) is 5.54 Å². The molecule has 2 heterocycles. The van der Waals surface area contributed by atoms with Gasteiger partial charge in [0.25, 0.3) is 0 Å². The lowest BCUT2D eigenvalue weighted by Crippen LogP contribution is -2.39. The second-order valence-corrected chi connectivity index (χ2v) is 12.6. The molecule has 6 aromatic carbocycles. The van der Waals surface area contributed by atoms with Crippen molar-refractivity contribution in [3.05, 3.63) is 198 Å². The summed E-state index contributed by atoms with van der Waals surface area (Å²) < 4.78 is 6.40. The minimum atomic E-state index is -0.844. The molecule has 0 spiro atoms. The van der Waals surface area contributed by atoms with Gasteiger partial charge in [0, 0.05) is 22.7 Å². The van der Waals surface area contributed by atoms with Crippen LogP contribution >= 0.6 is 0 Å². The molecule has 0 radical (unpaired) electrons. The van der Waals surface area contributed by atoms with Crippen LogP contribution in [0.2, 0.25) is 0 Å². The second-order valence-electron chi connectivity index (χ2n) is 12.6. The lowest BCUT2D eigenvalue weighted by atomic mass is 9.77. The fourth-order valence-electron chi connectivity index (χ4n) is 6.92. The molecule has 0 aliphatic heterocycles. The summed E-state index contributed by atoms with van der Waals surface area (Å²) in [6, 6.07) is 58.2. The summed E-state index contributed by atoms with van der Waals surface area (Å²) >= 11 is 0. The molecule has 8 rings (SSSR count). The van der Waals surface area contributed by atoms with Crippen LogP contribution in [-0.4, -0.2) is 25.2 Å².